The molecule has 6 N–H and O–H groups in total. The average Bonchev–Trinajstić information content (AvgIpc) is 2.11. The molecule has 62 valence electrons. The normalized spacial score (nSPS) is 8.27. The molecular weight excluding hydrogens is 138 g/mol. The van der Waals surface area contributed by atoms with E-state index in [0.717, 1.165) is 13.0 Å². The number of benzene rings is 1. The van der Waals surface area contributed by atoms with Gasteiger partial charge < -0.3 is 5.73 Å². The van der Waals surface area contributed by atoms with Gasteiger partial charge in [-0.3, -0.25) is 11.7 Å². The summed E-state index contributed by atoms with van der Waals surface area (Å²) in [4.78, 5) is 0. The maximum absolute atomic E-state index is 5.36. The molecule has 11 heavy (non-hydrogen) atoms. The van der Waals surface area contributed by atoms with Crippen LogP contribution in [0, 0.1) is 0 Å². The van der Waals surface area contributed by atoms with Crippen LogP contribution in [-0.4, -0.2) is 6.54 Å². The number of rotatable bonds is 2. The van der Waals surface area contributed by atoms with Gasteiger partial charge in [0.15, 0.2) is 0 Å². The van der Waals surface area contributed by atoms with Crippen LogP contribution in [0.4, 0.5) is 0 Å². The number of hydrogen-bond donors (Lipinski definition) is 3. The molecule has 0 saturated carbocycles. The van der Waals surface area contributed by atoms with E-state index in [0.29, 0.717) is 0 Å². The molecule has 0 saturated heterocycles. The highest BCUT2D eigenvalue weighted by molar-refractivity contribution is 5.14. The summed E-state index contributed by atoms with van der Waals surface area (Å²) in [6.07, 6.45) is 0.987. The molecule has 0 atom stereocenters. The highest BCUT2D eigenvalue weighted by Crippen LogP contribution is 1.96. The van der Waals surface area contributed by atoms with Crippen molar-refractivity contribution in [1.29, 1.82) is 0 Å². The average molecular weight is 153 g/mol. The fourth-order valence-corrected chi connectivity index (χ4v) is 0.811. The Morgan fingerprint density at radius 2 is 1.55 bits per heavy atom. The maximum atomic E-state index is 5.36. The largest absolute Gasteiger partial charge is 0.330 e. The van der Waals surface area contributed by atoms with Crippen LogP contribution in [0.2, 0.25) is 0 Å². The van der Waals surface area contributed by atoms with Crippen molar-refractivity contribution < 1.29 is 0 Å². The van der Waals surface area contributed by atoms with Gasteiger partial charge in [0, 0.05) is 0 Å². The third-order valence-corrected chi connectivity index (χ3v) is 1.28. The summed E-state index contributed by atoms with van der Waals surface area (Å²) in [5, 5.41) is 0. The minimum atomic E-state index is 0.740. The first-order chi connectivity index (χ1) is 5.43. The van der Waals surface area contributed by atoms with Crippen molar-refractivity contribution in [1.82, 2.24) is 0 Å². The van der Waals surface area contributed by atoms with E-state index in [-0.39, 0.29) is 0 Å². The topological polar surface area (TPSA) is 78.1 Å². The van der Waals surface area contributed by atoms with Gasteiger partial charge in [-0.25, -0.2) is 0 Å². The van der Waals surface area contributed by atoms with Gasteiger partial charge in [0.25, 0.3) is 0 Å². The third-order valence-electron chi connectivity index (χ3n) is 1.28. The molecule has 1 aromatic carbocycles. The van der Waals surface area contributed by atoms with E-state index in [9.17, 15) is 0 Å². The van der Waals surface area contributed by atoms with Crippen molar-refractivity contribution >= 4 is 0 Å². The van der Waals surface area contributed by atoms with Gasteiger partial charge in [-0.15, -0.1) is 0 Å². The van der Waals surface area contributed by atoms with E-state index in [2.05, 4.69) is 23.8 Å². The highest BCUT2D eigenvalue weighted by atomic mass is 15.0. The molecule has 0 radical (unpaired) electrons. The Hall–Kier alpha value is -0.900. The predicted octanol–water partition coefficient (Wildman–Crippen LogP) is 0.00660. The van der Waals surface area contributed by atoms with Gasteiger partial charge in [-0.05, 0) is 18.5 Å². The van der Waals surface area contributed by atoms with Gasteiger partial charge in [0.05, 0.1) is 0 Å². The van der Waals surface area contributed by atoms with Crippen LogP contribution < -0.4 is 17.4 Å². The zero-order valence-electron chi connectivity index (χ0n) is 6.53. The molecule has 1 aromatic rings. The minimum Gasteiger partial charge on any atom is -0.330 e. The van der Waals surface area contributed by atoms with Crippen LogP contribution in [0.3, 0.4) is 0 Å². The monoisotopic (exact) mass is 153 g/mol. The number of hydrazine groups is 1. The molecule has 3 heteroatoms. The van der Waals surface area contributed by atoms with E-state index >= 15 is 0 Å². The molecule has 0 aliphatic rings. The van der Waals surface area contributed by atoms with Gasteiger partial charge in [0.1, 0.15) is 0 Å². The van der Waals surface area contributed by atoms with E-state index in [1.807, 2.05) is 18.2 Å². The van der Waals surface area contributed by atoms with Gasteiger partial charge >= 0.3 is 0 Å². The second kappa shape index (κ2) is 7.21. The van der Waals surface area contributed by atoms with Crippen molar-refractivity contribution in [3.63, 3.8) is 0 Å². The van der Waals surface area contributed by atoms with Crippen LogP contribution in [0.25, 0.3) is 0 Å². The van der Waals surface area contributed by atoms with Gasteiger partial charge in [-0.1, -0.05) is 30.3 Å². The molecule has 0 bridgehead atoms. The number of nitrogens with two attached hydrogens (primary N) is 3. The Bertz CT molecular complexity index is 162. The molecular formula is C8H15N3. The molecule has 1 rings (SSSR count). The number of hydrogen-bond acceptors (Lipinski definition) is 3. The molecule has 0 aliphatic carbocycles. The van der Waals surface area contributed by atoms with Crippen LogP contribution >= 0.6 is 0 Å². The first kappa shape index (κ1) is 10.1. The first-order valence-corrected chi connectivity index (χ1v) is 3.51. The summed E-state index contributed by atoms with van der Waals surface area (Å²) in [5.41, 5.74) is 6.68. The maximum Gasteiger partial charge on any atom is -0.00367 e. The quantitative estimate of drug-likeness (QED) is 0.413. The fourth-order valence-electron chi connectivity index (χ4n) is 0.811. The van der Waals surface area contributed by atoms with Crippen LogP contribution in [0.1, 0.15) is 5.56 Å². The lowest BCUT2D eigenvalue weighted by molar-refractivity contribution is 0.969. The Morgan fingerprint density at radius 3 is 2.00 bits per heavy atom. The Balaban J connectivity index is 0.000000461. The lowest BCUT2D eigenvalue weighted by Gasteiger charge is -1.93. The molecule has 0 aromatic heterocycles. The van der Waals surface area contributed by atoms with Gasteiger partial charge in [-0.2, -0.15) is 0 Å². The predicted molar refractivity (Wildman–Crippen MR) is 47.6 cm³/mol. The van der Waals surface area contributed by atoms with Crippen molar-refractivity contribution in [2.24, 2.45) is 17.4 Å². The van der Waals surface area contributed by atoms with E-state index in [1.165, 1.54) is 5.56 Å². The third kappa shape index (κ3) is 4.50. The van der Waals surface area contributed by atoms with Crippen LogP contribution in [0.15, 0.2) is 30.3 Å². The summed E-state index contributed by atoms with van der Waals surface area (Å²) >= 11 is 0. The zero-order chi connectivity index (χ0) is 8.53. The molecule has 0 heterocycles. The molecule has 3 nitrogen and oxygen atoms in total. The van der Waals surface area contributed by atoms with Crippen molar-refractivity contribution in [2.45, 2.75) is 6.42 Å². The lowest BCUT2D eigenvalue weighted by Crippen LogP contribution is -2.02. The Morgan fingerprint density at radius 1 is 1.00 bits per heavy atom. The second-order valence-corrected chi connectivity index (χ2v) is 2.02. The SMILES string of the molecule is NCCc1ccccc1.NN. The minimum absolute atomic E-state index is 0.740. The fraction of sp³-hybridized carbons (Fsp3) is 0.250. The lowest BCUT2D eigenvalue weighted by atomic mass is 10.2. The van der Waals surface area contributed by atoms with Crippen molar-refractivity contribution in [3.05, 3.63) is 35.9 Å². The van der Waals surface area contributed by atoms with E-state index < -0.39 is 0 Å². The molecule has 0 aliphatic heterocycles. The first-order valence-electron chi connectivity index (χ1n) is 3.51. The van der Waals surface area contributed by atoms with Crippen LogP contribution in [-0.2, 0) is 6.42 Å². The Labute approximate surface area is 67.2 Å². The zero-order valence-corrected chi connectivity index (χ0v) is 6.53. The molecule has 0 spiro atoms. The standard InChI is InChI=1S/C8H11N.H4N2/c9-7-6-8-4-2-1-3-5-8;1-2/h1-5H,6-7,9H2;1-2H2. The van der Waals surface area contributed by atoms with E-state index in [1.54, 1.807) is 0 Å². The summed E-state index contributed by atoms with van der Waals surface area (Å²) in [5.74, 6) is 8.00. The Kier molecular flexibility index (Phi) is 6.62. The molecule has 0 unspecified atom stereocenters. The second-order valence-electron chi connectivity index (χ2n) is 2.02. The summed E-state index contributed by atoms with van der Waals surface area (Å²) in [7, 11) is 0. The van der Waals surface area contributed by atoms with Crippen LogP contribution in [0.5, 0.6) is 0 Å². The highest BCUT2D eigenvalue weighted by Gasteiger charge is 1.84. The van der Waals surface area contributed by atoms with Gasteiger partial charge in [0.2, 0.25) is 0 Å². The molecule has 0 fully saturated rings. The van der Waals surface area contributed by atoms with Crippen molar-refractivity contribution in [2.75, 3.05) is 6.54 Å². The summed E-state index contributed by atoms with van der Waals surface area (Å²) in [6, 6.07) is 10.3. The van der Waals surface area contributed by atoms with E-state index in [4.69, 9.17) is 5.73 Å². The summed E-state index contributed by atoms with van der Waals surface area (Å²) < 4.78 is 0. The summed E-state index contributed by atoms with van der Waals surface area (Å²) in [6.45, 7) is 0.740. The van der Waals surface area contributed by atoms with Crippen molar-refractivity contribution in [3.8, 4) is 0 Å². The smallest absolute Gasteiger partial charge is 0.00367 e. The molecule has 0 amide bonds.